The number of alkyl halides is 2. The molecule has 2 aromatic rings. The summed E-state index contributed by atoms with van der Waals surface area (Å²) in [5, 5.41) is 14.2. The zero-order valence-electron chi connectivity index (χ0n) is 8.76. The number of benzene rings is 1. The third-order valence-corrected chi connectivity index (χ3v) is 2.21. The van der Waals surface area contributed by atoms with E-state index in [4.69, 9.17) is 0 Å². The lowest BCUT2D eigenvalue weighted by molar-refractivity contribution is -0.384. The molecule has 94 valence electrons. The summed E-state index contributed by atoms with van der Waals surface area (Å²) in [6.45, 7) is 0. The summed E-state index contributed by atoms with van der Waals surface area (Å²) < 4.78 is 38.5. The molecule has 0 fully saturated rings. The summed E-state index contributed by atoms with van der Waals surface area (Å²) in [4.78, 5) is 9.93. The minimum atomic E-state index is -2.77. The van der Waals surface area contributed by atoms with Crippen molar-refractivity contribution in [3.8, 4) is 5.69 Å². The molecule has 0 saturated heterocycles. The molecule has 5 nitrogen and oxygen atoms in total. The molecule has 0 radical (unpaired) electrons. The molecule has 0 atom stereocenters. The fourth-order valence-corrected chi connectivity index (χ4v) is 1.43. The Morgan fingerprint density at radius 2 is 2.06 bits per heavy atom. The highest BCUT2D eigenvalue weighted by Crippen LogP contribution is 2.25. The van der Waals surface area contributed by atoms with Crippen molar-refractivity contribution in [2.24, 2.45) is 0 Å². The molecule has 8 heteroatoms. The Kier molecular flexibility index (Phi) is 3.00. The zero-order valence-corrected chi connectivity index (χ0v) is 8.76. The van der Waals surface area contributed by atoms with E-state index in [1.807, 2.05) is 0 Å². The lowest BCUT2D eigenvalue weighted by atomic mass is 10.2. The summed E-state index contributed by atoms with van der Waals surface area (Å²) in [5.74, 6) is -0.785. The van der Waals surface area contributed by atoms with Gasteiger partial charge in [-0.3, -0.25) is 10.1 Å². The number of aromatic nitrogens is 2. The Morgan fingerprint density at radius 3 is 2.61 bits per heavy atom. The van der Waals surface area contributed by atoms with Gasteiger partial charge in [-0.15, -0.1) is 0 Å². The fraction of sp³-hybridized carbons (Fsp3) is 0.100. The second-order valence-corrected chi connectivity index (χ2v) is 3.38. The quantitative estimate of drug-likeness (QED) is 0.627. The van der Waals surface area contributed by atoms with Crippen molar-refractivity contribution in [3.63, 3.8) is 0 Å². The summed E-state index contributed by atoms with van der Waals surface area (Å²) in [6.07, 6.45) is -1.62. The second-order valence-electron chi connectivity index (χ2n) is 3.38. The number of nitro benzene ring substituents is 1. The van der Waals surface area contributed by atoms with E-state index in [9.17, 15) is 23.3 Å². The molecule has 18 heavy (non-hydrogen) atoms. The van der Waals surface area contributed by atoms with Crippen LogP contribution < -0.4 is 0 Å². The normalized spacial score (nSPS) is 10.9. The van der Waals surface area contributed by atoms with Crippen molar-refractivity contribution in [2.45, 2.75) is 6.43 Å². The molecule has 0 saturated carbocycles. The van der Waals surface area contributed by atoms with E-state index in [0.29, 0.717) is 6.07 Å². The van der Waals surface area contributed by atoms with Crippen molar-refractivity contribution in [2.75, 3.05) is 0 Å². The van der Waals surface area contributed by atoms with Crippen molar-refractivity contribution in [3.05, 3.63) is 52.1 Å². The predicted molar refractivity (Wildman–Crippen MR) is 55.1 cm³/mol. The van der Waals surface area contributed by atoms with Gasteiger partial charge in [-0.25, -0.2) is 17.9 Å². The van der Waals surface area contributed by atoms with Gasteiger partial charge in [0.2, 0.25) is 0 Å². The van der Waals surface area contributed by atoms with Gasteiger partial charge in [-0.05, 0) is 18.2 Å². The van der Waals surface area contributed by atoms with Crippen LogP contribution in [0.15, 0.2) is 30.5 Å². The first kappa shape index (κ1) is 12.1. The van der Waals surface area contributed by atoms with Gasteiger partial charge >= 0.3 is 0 Å². The largest absolute Gasteiger partial charge is 0.297 e. The first-order valence-electron chi connectivity index (χ1n) is 4.77. The van der Waals surface area contributed by atoms with Crippen LogP contribution in [0.5, 0.6) is 0 Å². The van der Waals surface area contributed by atoms with Gasteiger partial charge in [0.05, 0.1) is 11.0 Å². The molecule has 0 unspecified atom stereocenters. The highest BCUT2D eigenvalue weighted by atomic mass is 19.3. The minimum absolute atomic E-state index is 0.0756. The Labute approximate surface area is 98.6 Å². The molecule has 2 rings (SSSR count). The fourth-order valence-electron chi connectivity index (χ4n) is 1.43. The Balaban J connectivity index is 2.52. The average Bonchev–Trinajstić information content (AvgIpc) is 2.78. The molecule has 0 N–H and O–H groups in total. The van der Waals surface area contributed by atoms with Crippen LogP contribution in [0.1, 0.15) is 12.1 Å². The number of halogens is 3. The molecule has 1 aromatic carbocycles. The summed E-state index contributed by atoms with van der Waals surface area (Å²) in [5.41, 5.74) is -1.12. The van der Waals surface area contributed by atoms with E-state index in [2.05, 4.69) is 5.10 Å². The number of hydrogen-bond acceptors (Lipinski definition) is 3. The Bertz CT molecular complexity index is 598. The van der Waals surface area contributed by atoms with Crippen molar-refractivity contribution in [1.29, 1.82) is 0 Å². The molecule has 0 aliphatic rings. The second kappa shape index (κ2) is 4.47. The maximum Gasteiger partial charge on any atom is 0.297 e. The van der Waals surface area contributed by atoms with Gasteiger partial charge in [0, 0.05) is 6.20 Å². The van der Waals surface area contributed by atoms with E-state index >= 15 is 0 Å². The van der Waals surface area contributed by atoms with Gasteiger partial charge < -0.3 is 0 Å². The SMILES string of the molecule is O=[N+]([O-])c1cc(F)ccc1-n1ccc(C(F)F)n1. The zero-order chi connectivity index (χ0) is 13.3. The van der Waals surface area contributed by atoms with Gasteiger partial charge in [0.15, 0.2) is 0 Å². The summed E-state index contributed by atoms with van der Waals surface area (Å²) in [7, 11) is 0. The van der Waals surface area contributed by atoms with Crippen LogP contribution in [0.4, 0.5) is 18.9 Å². The summed E-state index contributed by atoms with van der Waals surface area (Å²) in [6, 6.07) is 3.85. The molecule has 1 heterocycles. The van der Waals surface area contributed by atoms with Crippen LogP contribution in [-0.4, -0.2) is 14.7 Å². The third-order valence-electron chi connectivity index (χ3n) is 2.21. The van der Waals surface area contributed by atoms with E-state index in [1.54, 1.807) is 0 Å². The number of nitro groups is 1. The molecular weight excluding hydrogens is 251 g/mol. The van der Waals surface area contributed by atoms with Crippen LogP contribution >= 0.6 is 0 Å². The molecule has 0 bridgehead atoms. The van der Waals surface area contributed by atoms with Crippen LogP contribution in [0, 0.1) is 15.9 Å². The Morgan fingerprint density at radius 1 is 1.33 bits per heavy atom. The smallest absolute Gasteiger partial charge is 0.258 e. The maximum absolute atomic E-state index is 12.9. The molecule has 1 aromatic heterocycles. The van der Waals surface area contributed by atoms with Crippen molar-refractivity contribution >= 4 is 5.69 Å². The highest BCUT2D eigenvalue weighted by molar-refractivity contribution is 5.51. The van der Waals surface area contributed by atoms with Gasteiger partial charge in [0.1, 0.15) is 17.2 Å². The summed E-state index contributed by atoms with van der Waals surface area (Å²) >= 11 is 0. The third kappa shape index (κ3) is 2.17. The molecule has 0 spiro atoms. The average molecular weight is 257 g/mol. The van der Waals surface area contributed by atoms with Crippen LogP contribution in [0.25, 0.3) is 5.69 Å². The van der Waals surface area contributed by atoms with Gasteiger partial charge in [-0.1, -0.05) is 0 Å². The maximum atomic E-state index is 12.9. The van der Waals surface area contributed by atoms with E-state index < -0.39 is 28.5 Å². The monoisotopic (exact) mass is 257 g/mol. The van der Waals surface area contributed by atoms with Crippen LogP contribution in [0.3, 0.4) is 0 Å². The minimum Gasteiger partial charge on any atom is -0.258 e. The van der Waals surface area contributed by atoms with E-state index in [-0.39, 0.29) is 5.69 Å². The topological polar surface area (TPSA) is 61.0 Å². The Hall–Kier alpha value is -2.38. The molecule has 0 aliphatic heterocycles. The molecule has 0 aliphatic carbocycles. The van der Waals surface area contributed by atoms with Gasteiger partial charge in [-0.2, -0.15) is 5.10 Å². The predicted octanol–water partition coefficient (Wildman–Crippen LogP) is 2.86. The van der Waals surface area contributed by atoms with E-state index in [1.165, 1.54) is 0 Å². The van der Waals surface area contributed by atoms with Crippen molar-refractivity contribution < 1.29 is 18.1 Å². The highest BCUT2D eigenvalue weighted by Gasteiger charge is 2.19. The van der Waals surface area contributed by atoms with Crippen molar-refractivity contribution in [1.82, 2.24) is 9.78 Å². The van der Waals surface area contributed by atoms with Gasteiger partial charge in [0.25, 0.3) is 12.1 Å². The first-order chi connectivity index (χ1) is 8.49. The lowest BCUT2D eigenvalue weighted by Gasteiger charge is -2.02. The number of hydrogen-bond donors (Lipinski definition) is 0. The number of nitrogens with zero attached hydrogens (tertiary/aromatic N) is 3. The number of rotatable bonds is 3. The lowest BCUT2D eigenvalue weighted by Crippen LogP contribution is -2.02. The molecular formula is C10H6F3N3O2. The van der Waals surface area contributed by atoms with Crippen LogP contribution in [0.2, 0.25) is 0 Å². The van der Waals surface area contributed by atoms with E-state index in [0.717, 1.165) is 29.1 Å². The first-order valence-corrected chi connectivity index (χ1v) is 4.77. The molecule has 0 amide bonds. The standard InChI is InChI=1S/C10H6F3N3O2/c11-6-1-2-8(9(5-6)16(17)18)15-4-3-7(14-15)10(12)13/h1-5,10H. The van der Waals surface area contributed by atoms with Crippen LogP contribution in [-0.2, 0) is 0 Å².